The number of hydrogen-bond acceptors (Lipinski definition) is 4. The average molecular weight is 356 g/mol. The van der Waals surface area contributed by atoms with Crippen molar-refractivity contribution in [1.82, 2.24) is 4.98 Å². The van der Waals surface area contributed by atoms with Gasteiger partial charge in [-0.15, -0.1) is 0 Å². The van der Waals surface area contributed by atoms with Crippen LogP contribution in [0.1, 0.15) is 10.4 Å². The Balaban J connectivity index is 1.91. The van der Waals surface area contributed by atoms with E-state index in [-0.39, 0.29) is 11.3 Å². The molecular weight excluding hydrogens is 346 g/mol. The second-order valence-electron chi connectivity index (χ2n) is 5.48. The first-order valence-electron chi connectivity index (χ1n) is 7.27. The molecule has 0 aliphatic rings. The average Bonchev–Trinajstić information content (AvgIpc) is 3.03. The van der Waals surface area contributed by atoms with Crippen molar-refractivity contribution in [3.05, 3.63) is 64.4 Å². The quantitative estimate of drug-likeness (QED) is 0.532. The van der Waals surface area contributed by atoms with Crippen LogP contribution in [0.15, 0.2) is 47.2 Å². The number of benzene rings is 2. The Morgan fingerprint density at radius 2 is 1.72 bits per heavy atom. The number of pyridine rings is 1. The van der Waals surface area contributed by atoms with Gasteiger partial charge in [0, 0.05) is 33.3 Å². The molecule has 0 atom stereocenters. The van der Waals surface area contributed by atoms with Crippen LogP contribution in [0.25, 0.3) is 21.7 Å². The van der Waals surface area contributed by atoms with E-state index in [1.54, 1.807) is 6.07 Å². The van der Waals surface area contributed by atoms with Crippen molar-refractivity contribution in [3.8, 4) is 0 Å². The molecule has 7 heteroatoms. The predicted octanol–water partition coefficient (Wildman–Crippen LogP) is 5.17. The number of hydrogen-bond donors (Lipinski definition) is 2. The Morgan fingerprint density at radius 3 is 2.44 bits per heavy atom. The molecule has 0 aliphatic carbocycles. The molecule has 4 nitrogen and oxygen atoms in total. The van der Waals surface area contributed by atoms with Crippen LogP contribution in [-0.4, -0.2) is 16.1 Å². The Morgan fingerprint density at radius 1 is 1.00 bits per heavy atom. The zero-order chi connectivity index (χ0) is 17.6. The van der Waals surface area contributed by atoms with E-state index in [9.17, 15) is 13.6 Å². The van der Waals surface area contributed by atoms with Crippen molar-refractivity contribution in [2.45, 2.75) is 0 Å². The van der Waals surface area contributed by atoms with E-state index in [1.807, 2.05) is 10.8 Å². The normalized spacial score (nSPS) is 11.1. The summed E-state index contributed by atoms with van der Waals surface area (Å²) in [7, 11) is 0. The molecule has 2 aromatic heterocycles. The Hall–Kier alpha value is -3.06. The molecule has 2 heterocycles. The van der Waals surface area contributed by atoms with Crippen molar-refractivity contribution < 1.29 is 18.7 Å². The first kappa shape index (κ1) is 15.5. The van der Waals surface area contributed by atoms with Crippen LogP contribution < -0.4 is 5.32 Å². The van der Waals surface area contributed by atoms with Gasteiger partial charge < -0.3 is 10.4 Å². The third kappa shape index (κ3) is 2.78. The van der Waals surface area contributed by atoms with Gasteiger partial charge in [-0.25, -0.2) is 18.6 Å². The van der Waals surface area contributed by atoms with Crippen LogP contribution in [0, 0.1) is 11.6 Å². The number of fused-ring (bicyclic) bond motifs is 3. The van der Waals surface area contributed by atoms with Gasteiger partial charge >= 0.3 is 5.97 Å². The summed E-state index contributed by atoms with van der Waals surface area (Å²) in [6.45, 7) is 0. The molecule has 0 aliphatic heterocycles. The van der Waals surface area contributed by atoms with E-state index in [1.165, 1.54) is 35.6 Å². The van der Waals surface area contributed by atoms with Crippen LogP contribution >= 0.6 is 11.3 Å². The van der Waals surface area contributed by atoms with Gasteiger partial charge in [-0.3, -0.25) is 0 Å². The molecule has 124 valence electrons. The number of carbonyl (C=O) groups is 1. The lowest BCUT2D eigenvalue weighted by atomic mass is 10.1. The van der Waals surface area contributed by atoms with Gasteiger partial charge in [0.1, 0.15) is 17.5 Å². The van der Waals surface area contributed by atoms with Gasteiger partial charge in [-0.2, -0.15) is 11.3 Å². The van der Waals surface area contributed by atoms with Crippen molar-refractivity contribution in [3.63, 3.8) is 0 Å². The predicted molar refractivity (Wildman–Crippen MR) is 93.7 cm³/mol. The molecule has 0 radical (unpaired) electrons. The number of aromatic carboxylic acids is 1. The van der Waals surface area contributed by atoms with E-state index in [4.69, 9.17) is 5.11 Å². The van der Waals surface area contributed by atoms with Crippen molar-refractivity contribution in [1.29, 1.82) is 0 Å². The smallest absolute Gasteiger partial charge is 0.335 e. The van der Waals surface area contributed by atoms with Crippen molar-refractivity contribution >= 4 is 50.5 Å². The number of nitrogens with one attached hydrogen (secondary N) is 1. The highest BCUT2D eigenvalue weighted by atomic mass is 32.1. The number of thiophene rings is 1. The summed E-state index contributed by atoms with van der Waals surface area (Å²) in [5, 5.41) is 18.4. The summed E-state index contributed by atoms with van der Waals surface area (Å²) in [5.74, 6) is -2.02. The Labute approximate surface area is 144 Å². The van der Waals surface area contributed by atoms with E-state index < -0.39 is 17.6 Å². The molecule has 0 saturated heterocycles. The monoisotopic (exact) mass is 356 g/mol. The summed E-state index contributed by atoms with van der Waals surface area (Å²) in [6, 6.07) is 7.84. The maximum atomic E-state index is 13.4. The zero-order valence-corrected chi connectivity index (χ0v) is 13.4. The van der Waals surface area contributed by atoms with E-state index in [2.05, 4.69) is 10.3 Å². The number of carboxylic acid groups (broad SMARTS) is 1. The topological polar surface area (TPSA) is 62.2 Å². The van der Waals surface area contributed by atoms with Crippen LogP contribution in [0.4, 0.5) is 20.3 Å². The molecule has 0 fully saturated rings. The second kappa shape index (κ2) is 5.78. The standard InChI is InChI=1S/C18H10F2N2O2S/c19-10-4-11(20)6-12(5-10)21-17-15-8-25-7-14(15)13-2-1-9(18(23)24)3-16(13)22-17/h1-8H,(H,21,22)(H,23,24). The fourth-order valence-electron chi connectivity index (χ4n) is 2.71. The number of aromatic nitrogens is 1. The molecule has 2 aromatic carbocycles. The fraction of sp³-hybridized carbons (Fsp3) is 0. The number of carboxylic acids is 1. The number of rotatable bonds is 3. The summed E-state index contributed by atoms with van der Waals surface area (Å²) in [6.07, 6.45) is 0. The van der Waals surface area contributed by atoms with Gasteiger partial charge in [0.05, 0.1) is 11.1 Å². The first-order chi connectivity index (χ1) is 12.0. The van der Waals surface area contributed by atoms with E-state index in [0.29, 0.717) is 11.3 Å². The maximum Gasteiger partial charge on any atom is 0.335 e. The summed E-state index contributed by atoms with van der Waals surface area (Å²) in [4.78, 5) is 15.6. The van der Waals surface area contributed by atoms with E-state index in [0.717, 1.165) is 22.2 Å². The van der Waals surface area contributed by atoms with Gasteiger partial charge in [-0.05, 0) is 29.6 Å². The number of halogens is 2. The summed E-state index contributed by atoms with van der Waals surface area (Å²) in [5.41, 5.74) is 0.841. The largest absolute Gasteiger partial charge is 0.478 e. The zero-order valence-electron chi connectivity index (χ0n) is 12.6. The lowest BCUT2D eigenvalue weighted by molar-refractivity contribution is 0.0697. The van der Waals surface area contributed by atoms with Crippen LogP contribution in [-0.2, 0) is 0 Å². The molecule has 0 bridgehead atoms. The highest BCUT2D eigenvalue weighted by molar-refractivity contribution is 7.09. The third-order valence-corrected chi connectivity index (χ3v) is 4.55. The van der Waals surface area contributed by atoms with Gasteiger partial charge in [-0.1, -0.05) is 6.07 Å². The van der Waals surface area contributed by atoms with Gasteiger partial charge in [0.2, 0.25) is 0 Å². The van der Waals surface area contributed by atoms with Crippen LogP contribution in [0.2, 0.25) is 0 Å². The molecule has 4 rings (SSSR count). The minimum absolute atomic E-state index is 0.123. The minimum atomic E-state index is -1.05. The molecule has 0 saturated carbocycles. The van der Waals surface area contributed by atoms with Gasteiger partial charge in [0.25, 0.3) is 0 Å². The molecule has 0 unspecified atom stereocenters. The minimum Gasteiger partial charge on any atom is -0.478 e. The SMILES string of the molecule is O=C(O)c1ccc2c(c1)nc(Nc1cc(F)cc(F)c1)c1cscc12. The highest BCUT2D eigenvalue weighted by Crippen LogP contribution is 2.34. The van der Waals surface area contributed by atoms with Crippen molar-refractivity contribution in [2.24, 2.45) is 0 Å². The third-order valence-electron chi connectivity index (χ3n) is 3.81. The second-order valence-corrected chi connectivity index (χ2v) is 6.22. The van der Waals surface area contributed by atoms with Crippen molar-refractivity contribution in [2.75, 3.05) is 5.32 Å². The Kier molecular flexibility index (Phi) is 3.58. The molecular formula is C18H10F2N2O2S. The lowest BCUT2D eigenvalue weighted by Crippen LogP contribution is -1.99. The molecule has 4 aromatic rings. The Bertz CT molecular complexity index is 1120. The first-order valence-corrected chi connectivity index (χ1v) is 8.21. The molecule has 2 N–H and O–H groups in total. The number of anilines is 2. The lowest BCUT2D eigenvalue weighted by Gasteiger charge is -2.10. The van der Waals surface area contributed by atoms with Crippen LogP contribution in [0.3, 0.4) is 0 Å². The van der Waals surface area contributed by atoms with E-state index >= 15 is 0 Å². The maximum absolute atomic E-state index is 13.4. The molecule has 25 heavy (non-hydrogen) atoms. The summed E-state index contributed by atoms with van der Waals surface area (Å²) < 4.78 is 26.8. The summed E-state index contributed by atoms with van der Waals surface area (Å²) >= 11 is 1.46. The molecule has 0 spiro atoms. The van der Waals surface area contributed by atoms with Gasteiger partial charge in [0.15, 0.2) is 0 Å². The fourth-order valence-corrected chi connectivity index (χ4v) is 3.55. The molecule has 0 amide bonds. The number of nitrogens with zero attached hydrogens (tertiary/aromatic N) is 1. The highest BCUT2D eigenvalue weighted by Gasteiger charge is 2.12. The van der Waals surface area contributed by atoms with Crippen LogP contribution in [0.5, 0.6) is 0 Å².